The fourth-order valence-corrected chi connectivity index (χ4v) is 2.56. The number of nitrogens with two attached hydrogens (primary N) is 1. The molecule has 4 nitrogen and oxygen atoms in total. The molecule has 0 radical (unpaired) electrons. The van der Waals surface area contributed by atoms with E-state index in [4.69, 9.17) is 5.73 Å². The van der Waals surface area contributed by atoms with Crippen LogP contribution in [0.3, 0.4) is 0 Å². The number of halogens is 1. The molecular formula is C15H22FN3O. The molecular weight excluding hydrogens is 257 g/mol. The zero-order chi connectivity index (χ0) is 14.7. The Morgan fingerprint density at radius 2 is 2.10 bits per heavy atom. The third-order valence-corrected chi connectivity index (χ3v) is 3.91. The predicted molar refractivity (Wildman–Crippen MR) is 78.1 cm³/mol. The third kappa shape index (κ3) is 3.48. The van der Waals surface area contributed by atoms with Crippen LogP contribution in [-0.4, -0.2) is 37.5 Å². The van der Waals surface area contributed by atoms with Crippen LogP contribution in [0.5, 0.6) is 0 Å². The highest BCUT2D eigenvalue weighted by molar-refractivity contribution is 5.95. The molecule has 0 spiro atoms. The molecule has 1 heterocycles. The first-order chi connectivity index (χ1) is 9.47. The van der Waals surface area contributed by atoms with Crippen molar-refractivity contribution < 1.29 is 9.18 Å². The van der Waals surface area contributed by atoms with Crippen LogP contribution in [0.15, 0.2) is 12.1 Å². The number of anilines is 1. The lowest BCUT2D eigenvalue weighted by Gasteiger charge is -2.28. The smallest absolute Gasteiger partial charge is 0.254 e. The summed E-state index contributed by atoms with van der Waals surface area (Å²) in [5.41, 5.74) is 6.51. The van der Waals surface area contributed by atoms with Crippen molar-refractivity contribution in [3.8, 4) is 0 Å². The van der Waals surface area contributed by atoms with Crippen LogP contribution in [0.4, 0.5) is 10.1 Å². The number of carbonyl (C=O) groups is 1. The molecule has 0 saturated carbocycles. The summed E-state index contributed by atoms with van der Waals surface area (Å²) in [6.07, 6.45) is 2.13. The second-order valence-electron chi connectivity index (χ2n) is 5.66. The van der Waals surface area contributed by atoms with Crippen LogP contribution in [0, 0.1) is 18.7 Å². The van der Waals surface area contributed by atoms with E-state index >= 15 is 0 Å². The van der Waals surface area contributed by atoms with Gasteiger partial charge in [-0.2, -0.15) is 0 Å². The first kappa shape index (κ1) is 14.8. The number of hydrogen-bond donors (Lipinski definition) is 2. The minimum atomic E-state index is -0.486. The number of benzene rings is 1. The van der Waals surface area contributed by atoms with Crippen LogP contribution in [-0.2, 0) is 0 Å². The summed E-state index contributed by atoms with van der Waals surface area (Å²) in [7, 11) is 2.10. The Labute approximate surface area is 119 Å². The number of nitrogens with one attached hydrogen (secondary N) is 1. The van der Waals surface area contributed by atoms with Gasteiger partial charge < -0.3 is 16.0 Å². The number of nitrogen functional groups attached to an aromatic ring is 1. The summed E-state index contributed by atoms with van der Waals surface area (Å²) >= 11 is 0. The summed E-state index contributed by atoms with van der Waals surface area (Å²) < 4.78 is 13.9. The van der Waals surface area contributed by atoms with Gasteiger partial charge in [-0.25, -0.2) is 4.39 Å². The Morgan fingerprint density at radius 1 is 1.45 bits per heavy atom. The van der Waals surface area contributed by atoms with E-state index in [0.717, 1.165) is 25.9 Å². The molecule has 1 aromatic rings. The highest BCUT2D eigenvalue weighted by Crippen LogP contribution is 2.18. The fraction of sp³-hybridized carbons (Fsp3) is 0.533. The van der Waals surface area contributed by atoms with Gasteiger partial charge in [0.1, 0.15) is 5.82 Å². The zero-order valence-electron chi connectivity index (χ0n) is 12.1. The van der Waals surface area contributed by atoms with E-state index in [9.17, 15) is 9.18 Å². The molecule has 0 aromatic heterocycles. The molecule has 1 amide bonds. The van der Waals surface area contributed by atoms with E-state index in [1.165, 1.54) is 12.1 Å². The Bertz CT molecular complexity index is 496. The van der Waals surface area contributed by atoms with E-state index in [1.807, 2.05) is 0 Å². The molecule has 1 aromatic carbocycles. The maximum Gasteiger partial charge on any atom is 0.254 e. The van der Waals surface area contributed by atoms with Crippen LogP contribution in [0.1, 0.15) is 28.8 Å². The van der Waals surface area contributed by atoms with Crippen molar-refractivity contribution in [1.82, 2.24) is 10.2 Å². The van der Waals surface area contributed by atoms with E-state index in [2.05, 4.69) is 17.3 Å². The highest BCUT2D eigenvalue weighted by atomic mass is 19.1. The van der Waals surface area contributed by atoms with Crippen molar-refractivity contribution in [3.05, 3.63) is 29.1 Å². The summed E-state index contributed by atoms with van der Waals surface area (Å²) in [4.78, 5) is 14.3. The molecule has 0 bridgehead atoms. The lowest BCUT2D eigenvalue weighted by atomic mass is 9.97. The topological polar surface area (TPSA) is 58.4 Å². The van der Waals surface area contributed by atoms with Gasteiger partial charge in [0.25, 0.3) is 5.91 Å². The van der Waals surface area contributed by atoms with Crippen molar-refractivity contribution in [1.29, 1.82) is 0 Å². The first-order valence-electron chi connectivity index (χ1n) is 6.99. The van der Waals surface area contributed by atoms with Gasteiger partial charge >= 0.3 is 0 Å². The lowest BCUT2D eigenvalue weighted by molar-refractivity contribution is 0.0935. The number of likely N-dealkylation sites (tertiary alicyclic amines) is 1. The second-order valence-corrected chi connectivity index (χ2v) is 5.66. The number of aryl methyl sites for hydroxylation is 1. The van der Waals surface area contributed by atoms with Crippen molar-refractivity contribution in [2.45, 2.75) is 19.8 Å². The monoisotopic (exact) mass is 279 g/mol. The number of piperidine rings is 1. The quantitative estimate of drug-likeness (QED) is 0.829. The van der Waals surface area contributed by atoms with E-state index in [-0.39, 0.29) is 11.5 Å². The molecule has 20 heavy (non-hydrogen) atoms. The molecule has 110 valence electrons. The zero-order valence-corrected chi connectivity index (χ0v) is 12.1. The number of hydrogen-bond acceptors (Lipinski definition) is 3. The van der Waals surface area contributed by atoms with Gasteiger partial charge in [-0.15, -0.1) is 0 Å². The molecule has 3 N–H and O–H groups in total. The summed E-state index contributed by atoms with van der Waals surface area (Å²) in [6, 6.07) is 2.93. The molecule has 0 atom stereocenters. The van der Waals surface area contributed by atoms with E-state index in [1.54, 1.807) is 6.92 Å². The number of rotatable bonds is 3. The predicted octanol–water partition coefficient (Wildman–Crippen LogP) is 1.79. The minimum Gasteiger partial charge on any atom is -0.399 e. The SMILES string of the molecule is Cc1cc(N)cc(C(=O)NCC2CCN(C)CC2)c1F. The van der Waals surface area contributed by atoms with Crippen molar-refractivity contribution in [2.24, 2.45) is 5.92 Å². The maximum absolute atomic E-state index is 13.9. The van der Waals surface area contributed by atoms with Gasteiger partial charge in [-0.05, 0) is 63.5 Å². The van der Waals surface area contributed by atoms with Gasteiger partial charge in [0.15, 0.2) is 0 Å². The van der Waals surface area contributed by atoms with Crippen LogP contribution >= 0.6 is 0 Å². The fourth-order valence-electron chi connectivity index (χ4n) is 2.56. The van der Waals surface area contributed by atoms with Crippen LogP contribution in [0.2, 0.25) is 0 Å². The van der Waals surface area contributed by atoms with Gasteiger partial charge in [0.05, 0.1) is 5.56 Å². The molecule has 0 unspecified atom stereocenters. The van der Waals surface area contributed by atoms with Gasteiger partial charge in [-0.1, -0.05) is 0 Å². The van der Waals surface area contributed by atoms with E-state index < -0.39 is 5.82 Å². The van der Waals surface area contributed by atoms with Crippen LogP contribution < -0.4 is 11.1 Å². The Balaban J connectivity index is 1.95. The molecule has 1 aliphatic heterocycles. The number of carbonyl (C=O) groups excluding carboxylic acids is 1. The third-order valence-electron chi connectivity index (χ3n) is 3.91. The number of nitrogens with zero attached hydrogens (tertiary/aromatic N) is 1. The summed E-state index contributed by atoms with van der Waals surface area (Å²) in [5, 5.41) is 2.83. The Hall–Kier alpha value is -1.62. The van der Waals surface area contributed by atoms with E-state index in [0.29, 0.717) is 23.7 Å². The Kier molecular flexibility index (Phi) is 4.60. The second kappa shape index (κ2) is 6.22. The molecule has 2 rings (SSSR count). The largest absolute Gasteiger partial charge is 0.399 e. The maximum atomic E-state index is 13.9. The Morgan fingerprint density at radius 3 is 2.75 bits per heavy atom. The average molecular weight is 279 g/mol. The average Bonchev–Trinajstić information content (AvgIpc) is 2.42. The van der Waals surface area contributed by atoms with Gasteiger partial charge in [0.2, 0.25) is 0 Å². The van der Waals surface area contributed by atoms with Crippen molar-refractivity contribution >= 4 is 11.6 Å². The van der Waals surface area contributed by atoms with Crippen molar-refractivity contribution in [2.75, 3.05) is 32.4 Å². The van der Waals surface area contributed by atoms with Gasteiger partial charge in [-0.3, -0.25) is 4.79 Å². The first-order valence-corrected chi connectivity index (χ1v) is 6.99. The summed E-state index contributed by atoms with van der Waals surface area (Å²) in [6.45, 7) is 4.30. The molecule has 5 heteroatoms. The van der Waals surface area contributed by atoms with Gasteiger partial charge in [0, 0.05) is 12.2 Å². The number of amides is 1. The standard InChI is InChI=1S/C15H22FN3O/c1-10-7-12(17)8-13(14(10)16)15(20)18-9-11-3-5-19(2)6-4-11/h7-8,11H,3-6,9,17H2,1-2H3,(H,18,20). The normalized spacial score (nSPS) is 17.1. The van der Waals surface area contributed by atoms with Crippen LogP contribution in [0.25, 0.3) is 0 Å². The lowest BCUT2D eigenvalue weighted by Crippen LogP contribution is -2.37. The summed E-state index contributed by atoms with van der Waals surface area (Å²) in [5.74, 6) is -0.391. The molecule has 1 fully saturated rings. The molecule has 0 aliphatic carbocycles. The van der Waals surface area contributed by atoms with Crippen molar-refractivity contribution in [3.63, 3.8) is 0 Å². The minimum absolute atomic E-state index is 0.0374. The molecule has 1 aliphatic rings. The molecule has 1 saturated heterocycles. The highest BCUT2D eigenvalue weighted by Gasteiger charge is 2.19.